The van der Waals surface area contributed by atoms with Crippen LogP contribution < -0.4 is 4.52 Å². The Labute approximate surface area is 70.4 Å². The molecular weight excluding hydrogens is 179 g/mol. The van der Waals surface area contributed by atoms with E-state index in [2.05, 4.69) is 4.52 Å². The van der Waals surface area contributed by atoms with Gasteiger partial charge in [0.1, 0.15) is 12.0 Å². The van der Waals surface area contributed by atoms with Crippen LogP contribution in [-0.2, 0) is 0 Å². The first-order valence-corrected chi connectivity index (χ1v) is 4.30. The predicted molar refractivity (Wildman–Crippen MR) is 43.8 cm³/mol. The third-order valence-corrected chi connectivity index (χ3v) is 1.58. The van der Waals surface area contributed by atoms with Gasteiger partial charge in [-0.3, -0.25) is 4.79 Å². The molecule has 1 aromatic carbocycles. The molecule has 0 saturated carbocycles. The predicted octanol–water partition coefficient (Wildman–Crippen LogP) is 1.09. The van der Waals surface area contributed by atoms with E-state index in [1.807, 2.05) is 0 Å². The highest BCUT2D eigenvalue weighted by Crippen LogP contribution is 2.28. The van der Waals surface area contributed by atoms with Crippen molar-refractivity contribution in [1.29, 1.82) is 0 Å². The van der Waals surface area contributed by atoms with Gasteiger partial charge < -0.3 is 14.3 Å². The molecule has 0 bridgehead atoms. The van der Waals surface area contributed by atoms with Gasteiger partial charge in [0.25, 0.3) is 0 Å². The summed E-state index contributed by atoms with van der Waals surface area (Å²) in [5, 5.41) is 0. The lowest BCUT2D eigenvalue weighted by Crippen LogP contribution is -1.85. The number of hydrogen-bond acceptors (Lipinski definition) is 4. The summed E-state index contributed by atoms with van der Waals surface area (Å²) in [6, 6.07) is 6.04. The van der Waals surface area contributed by atoms with Crippen LogP contribution in [-0.4, -0.2) is 16.1 Å². The van der Waals surface area contributed by atoms with E-state index in [9.17, 15) is 4.79 Å². The lowest BCUT2D eigenvalue weighted by Gasteiger charge is -2.03. The molecule has 1 rings (SSSR count). The lowest BCUT2D eigenvalue weighted by molar-refractivity contribution is 0.112. The van der Waals surface area contributed by atoms with Crippen molar-refractivity contribution in [2.24, 2.45) is 0 Å². The van der Waals surface area contributed by atoms with Crippen molar-refractivity contribution in [3.63, 3.8) is 0 Å². The molecule has 0 spiro atoms. The summed E-state index contributed by atoms with van der Waals surface area (Å²) in [5.41, 5.74) is 0.516. The normalized spacial score (nSPS) is 9.92. The summed E-state index contributed by atoms with van der Waals surface area (Å²) < 4.78 is 4.57. The fourth-order valence-electron chi connectivity index (χ4n) is 0.702. The van der Waals surface area contributed by atoms with E-state index in [0.29, 0.717) is 17.6 Å². The van der Waals surface area contributed by atoms with Crippen molar-refractivity contribution in [1.82, 2.24) is 0 Å². The molecule has 0 amide bonds. The van der Waals surface area contributed by atoms with E-state index in [4.69, 9.17) is 9.79 Å². The Morgan fingerprint density at radius 1 is 1.25 bits per heavy atom. The molecule has 0 unspecified atom stereocenters. The maximum atomic E-state index is 10.2. The molecule has 0 fully saturated rings. The van der Waals surface area contributed by atoms with E-state index in [-0.39, 0.29) is 0 Å². The van der Waals surface area contributed by atoms with Crippen LogP contribution in [0.1, 0.15) is 10.4 Å². The minimum absolute atomic E-state index is 0.330. The van der Waals surface area contributed by atoms with Crippen LogP contribution in [0.3, 0.4) is 0 Å². The molecule has 1 aromatic rings. The maximum Gasteiger partial charge on any atom is 0.391 e. The Morgan fingerprint density at radius 2 is 1.83 bits per heavy atom. The first-order valence-electron chi connectivity index (χ1n) is 3.13. The number of carbonyl (C=O) groups excluding carboxylic acids is 1. The summed E-state index contributed by atoms with van der Waals surface area (Å²) >= 11 is 0. The molecule has 0 radical (unpaired) electrons. The Morgan fingerprint density at radius 3 is 2.25 bits per heavy atom. The van der Waals surface area contributed by atoms with Gasteiger partial charge in [0, 0.05) is 5.56 Å². The second-order valence-corrected chi connectivity index (χ2v) is 2.72. The number of rotatable bonds is 3. The third-order valence-electron chi connectivity index (χ3n) is 1.20. The topological polar surface area (TPSA) is 66.8 Å². The summed E-state index contributed by atoms with van der Waals surface area (Å²) in [5.74, 6) is 0.330. The van der Waals surface area contributed by atoms with Gasteiger partial charge in [0.05, 0.1) is 0 Å². The number of benzene rings is 1. The summed E-state index contributed by atoms with van der Waals surface area (Å²) in [4.78, 5) is 27.1. The van der Waals surface area contributed by atoms with E-state index in [1.165, 1.54) is 24.3 Å². The molecule has 0 heterocycles. The Balaban J connectivity index is 2.71. The van der Waals surface area contributed by atoms with Crippen LogP contribution in [0.5, 0.6) is 5.75 Å². The smallest absolute Gasteiger partial charge is 0.391 e. The quantitative estimate of drug-likeness (QED) is 0.547. The Hall–Kier alpha value is -0.960. The largest absolute Gasteiger partial charge is 0.427 e. The zero-order valence-corrected chi connectivity index (χ0v) is 6.94. The molecule has 0 saturated heterocycles. The molecule has 12 heavy (non-hydrogen) atoms. The van der Waals surface area contributed by atoms with Crippen molar-refractivity contribution in [2.75, 3.05) is 0 Å². The van der Waals surface area contributed by atoms with Crippen molar-refractivity contribution in [3.05, 3.63) is 29.8 Å². The van der Waals surface area contributed by atoms with Crippen LogP contribution in [0.25, 0.3) is 0 Å². The van der Waals surface area contributed by atoms with Gasteiger partial charge in [-0.25, -0.2) is 0 Å². The summed E-state index contributed by atoms with van der Waals surface area (Å²) in [7, 11) is -2.38. The van der Waals surface area contributed by atoms with Crippen LogP contribution in [0.2, 0.25) is 0 Å². The van der Waals surface area contributed by atoms with Gasteiger partial charge in [0.15, 0.2) is 0 Å². The van der Waals surface area contributed by atoms with Gasteiger partial charge in [-0.2, -0.15) is 0 Å². The molecule has 2 N–H and O–H groups in total. The van der Waals surface area contributed by atoms with Crippen molar-refractivity contribution in [3.8, 4) is 5.75 Å². The average Bonchev–Trinajstić information content (AvgIpc) is 2.05. The van der Waals surface area contributed by atoms with E-state index in [1.54, 1.807) is 0 Å². The Bertz CT molecular complexity index is 257. The van der Waals surface area contributed by atoms with Crippen LogP contribution in [0.15, 0.2) is 24.3 Å². The van der Waals surface area contributed by atoms with Gasteiger partial charge in [0.2, 0.25) is 0 Å². The fraction of sp³-hybridized carbons (Fsp3) is 0. The van der Waals surface area contributed by atoms with E-state index < -0.39 is 8.60 Å². The maximum absolute atomic E-state index is 10.2. The number of carbonyl (C=O) groups is 1. The van der Waals surface area contributed by atoms with Crippen molar-refractivity contribution in [2.45, 2.75) is 0 Å². The van der Waals surface area contributed by atoms with E-state index in [0.717, 1.165) is 0 Å². The minimum Gasteiger partial charge on any atom is -0.427 e. The highest BCUT2D eigenvalue weighted by atomic mass is 31.2. The highest BCUT2D eigenvalue weighted by Gasteiger charge is 2.01. The molecular formula is C7H7O4P. The fourth-order valence-corrected chi connectivity index (χ4v) is 1.01. The monoisotopic (exact) mass is 186 g/mol. The van der Waals surface area contributed by atoms with Gasteiger partial charge in [-0.15, -0.1) is 0 Å². The first-order chi connectivity index (χ1) is 5.72. The molecule has 0 aliphatic rings. The van der Waals surface area contributed by atoms with Gasteiger partial charge in [-0.1, -0.05) is 0 Å². The molecule has 0 aliphatic carbocycles. The SMILES string of the molecule is O=Cc1ccc(OP(O)O)cc1. The number of hydrogen-bond donors (Lipinski definition) is 2. The number of aldehydes is 1. The molecule has 4 nitrogen and oxygen atoms in total. The van der Waals surface area contributed by atoms with Gasteiger partial charge in [-0.05, 0) is 24.3 Å². The second kappa shape index (κ2) is 4.16. The summed E-state index contributed by atoms with van der Waals surface area (Å²) in [6.07, 6.45) is 0.699. The highest BCUT2D eigenvalue weighted by molar-refractivity contribution is 7.39. The second-order valence-electron chi connectivity index (χ2n) is 2.03. The molecule has 0 atom stereocenters. The minimum atomic E-state index is -2.38. The Kier molecular flexibility index (Phi) is 3.17. The first kappa shape index (κ1) is 9.13. The molecule has 5 heteroatoms. The van der Waals surface area contributed by atoms with Crippen LogP contribution in [0.4, 0.5) is 0 Å². The third kappa shape index (κ3) is 2.58. The van der Waals surface area contributed by atoms with Crippen molar-refractivity contribution >= 4 is 14.9 Å². The van der Waals surface area contributed by atoms with Crippen LogP contribution in [0, 0.1) is 0 Å². The van der Waals surface area contributed by atoms with E-state index >= 15 is 0 Å². The zero-order chi connectivity index (χ0) is 8.97. The molecule has 0 aromatic heterocycles. The lowest BCUT2D eigenvalue weighted by atomic mass is 10.2. The van der Waals surface area contributed by atoms with Crippen molar-refractivity contribution < 1.29 is 19.1 Å². The van der Waals surface area contributed by atoms with Gasteiger partial charge >= 0.3 is 8.60 Å². The zero-order valence-electron chi connectivity index (χ0n) is 6.04. The van der Waals surface area contributed by atoms with Crippen LogP contribution >= 0.6 is 8.60 Å². The average molecular weight is 186 g/mol. The summed E-state index contributed by atoms with van der Waals surface area (Å²) in [6.45, 7) is 0. The molecule has 0 aliphatic heterocycles. The molecule has 64 valence electrons. The standard InChI is InChI=1S/C7H7O4P/c8-5-6-1-3-7(4-2-6)11-12(9)10/h1-5,9-10H.